The highest BCUT2D eigenvalue weighted by atomic mass is 32.1. The topological polar surface area (TPSA) is 32.3 Å². The number of anilines is 2. The third-order valence-corrected chi connectivity index (χ3v) is 5.48. The Hall–Kier alpha value is -1.90. The Bertz CT molecular complexity index is 733. The van der Waals surface area contributed by atoms with Gasteiger partial charge in [-0.1, -0.05) is 0 Å². The molecule has 9 heteroatoms. The van der Waals surface area contributed by atoms with Crippen molar-refractivity contribution in [2.75, 3.05) is 36.0 Å². The Labute approximate surface area is 139 Å². The maximum Gasteiger partial charge on any atom is 0.434 e. The number of fused-ring (bicyclic) bond motifs is 1. The lowest BCUT2D eigenvalue weighted by Gasteiger charge is -2.22. The highest BCUT2D eigenvalue weighted by molar-refractivity contribution is 7.13. The van der Waals surface area contributed by atoms with Crippen LogP contribution in [0.3, 0.4) is 0 Å². The largest absolute Gasteiger partial charge is 0.434 e. The van der Waals surface area contributed by atoms with E-state index in [2.05, 4.69) is 9.97 Å². The molecule has 0 spiro atoms. The standard InChI is InChI=1S/C15H14F4N4S/c16-11-2-1-3-20-13(11)22-4-9-6-23(7-10(9)5-22)14-21-12(8-24-14)15(17,18)19/h1-3,8-10H,4-7H2. The summed E-state index contributed by atoms with van der Waals surface area (Å²) in [6.07, 6.45) is -2.84. The van der Waals surface area contributed by atoms with Gasteiger partial charge in [0.25, 0.3) is 0 Å². The second-order valence-corrected chi connectivity index (χ2v) is 6.99. The van der Waals surface area contributed by atoms with Crippen LogP contribution in [-0.4, -0.2) is 36.1 Å². The maximum absolute atomic E-state index is 13.8. The van der Waals surface area contributed by atoms with E-state index in [-0.39, 0.29) is 17.7 Å². The number of halogens is 4. The van der Waals surface area contributed by atoms with E-state index in [0.29, 0.717) is 37.1 Å². The monoisotopic (exact) mass is 358 g/mol. The first-order valence-corrected chi connectivity index (χ1v) is 8.43. The Morgan fingerprint density at radius 1 is 1.08 bits per heavy atom. The van der Waals surface area contributed by atoms with Crippen LogP contribution < -0.4 is 9.80 Å². The lowest BCUT2D eigenvalue weighted by Crippen LogP contribution is -2.29. The molecule has 2 atom stereocenters. The number of thiazole rings is 1. The summed E-state index contributed by atoms with van der Waals surface area (Å²) >= 11 is 1.02. The highest BCUT2D eigenvalue weighted by Crippen LogP contribution is 2.39. The van der Waals surface area contributed by atoms with Crippen molar-refractivity contribution in [3.05, 3.63) is 35.2 Å². The van der Waals surface area contributed by atoms with Crippen molar-refractivity contribution in [2.24, 2.45) is 11.8 Å². The molecule has 2 fully saturated rings. The Morgan fingerprint density at radius 2 is 1.75 bits per heavy atom. The summed E-state index contributed by atoms with van der Waals surface area (Å²) in [7, 11) is 0. The molecular weight excluding hydrogens is 344 g/mol. The van der Waals surface area contributed by atoms with Crippen LogP contribution in [0.2, 0.25) is 0 Å². The fourth-order valence-corrected chi connectivity index (χ4v) is 4.32. The van der Waals surface area contributed by atoms with Crippen molar-refractivity contribution in [3.63, 3.8) is 0 Å². The van der Waals surface area contributed by atoms with E-state index in [0.717, 1.165) is 16.7 Å². The molecular formula is C15H14F4N4S. The lowest BCUT2D eigenvalue weighted by molar-refractivity contribution is -0.140. The van der Waals surface area contributed by atoms with Crippen LogP contribution in [-0.2, 0) is 6.18 Å². The van der Waals surface area contributed by atoms with Gasteiger partial charge in [0.2, 0.25) is 0 Å². The van der Waals surface area contributed by atoms with Gasteiger partial charge in [-0.05, 0) is 12.1 Å². The van der Waals surface area contributed by atoms with Crippen molar-refractivity contribution in [1.82, 2.24) is 9.97 Å². The minimum absolute atomic E-state index is 0.282. The van der Waals surface area contributed by atoms with Crippen molar-refractivity contribution in [2.45, 2.75) is 6.18 Å². The van der Waals surface area contributed by atoms with Gasteiger partial charge in [-0.15, -0.1) is 11.3 Å². The molecule has 2 aromatic heterocycles. The zero-order valence-electron chi connectivity index (χ0n) is 12.5. The molecule has 2 unspecified atom stereocenters. The van der Waals surface area contributed by atoms with E-state index < -0.39 is 11.9 Å². The Kier molecular flexibility index (Phi) is 3.63. The fourth-order valence-electron chi connectivity index (χ4n) is 3.47. The molecule has 2 aliphatic heterocycles. The van der Waals surface area contributed by atoms with Gasteiger partial charge in [-0.25, -0.2) is 14.4 Å². The SMILES string of the molecule is Fc1cccnc1N1CC2CN(c3nc(C(F)(F)F)cs3)CC2C1. The molecule has 0 bridgehead atoms. The van der Waals surface area contributed by atoms with Crippen LogP contribution >= 0.6 is 11.3 Å². The Balaban J connectivity index is 1.45. The summed E-state index contributed by atoms with van der Waals surface area (Å²) in [5, 5.41) is 1.46. The summed E-state index contributed by atoms with van der Waals surface area (Å²) in [6.45, 7) is 2.60. The van der Waals surface area contributed by atoms with E-state index in [1.807, 2.05) is 9.80 Å². The molecule has 0 aromatic carbocycles. The van der Waals surface area contributed by atoms with E-state index in [4.69, 9.17) is 0 Å². The summed E-state index contributed by atoms with van der Waals surface area (Å²) in [4.78, 5) is 11.6. The zero-order valence-corrected chi connectivity index (χ0v) is 13.3. The first-order valence-electron chi connectivity index (χ1n) is 7.55. The molecule has 128 valence electrons. The van der Waals surface area contributed by atoms with Gasteiger partial charge in [0.1, 0.15) is 0 Å². The summed E-state index contributed by atoms with van der Waals surface area (Å²) in [5.74, 6) is 0.574. The van der Waals surface area contributed by atoms with Gasteiger partial charge in [-0.3, -0.25) is 0 Å². The second-order valence-electron chi connectivity index (χ2n) is 6.15. The number of alkyl halides is 3. The third-order valence-electron chi connectivity index (χ3n) is 4.58. The van der Waals surface area contributed by atoms with Crippen molar-refractivity contribution in [3.8, 4) is 0 Å². The van der Waals surface area contributed by atoms with E-state index >= 15 is 0 Å². The van der Waals surface area contributed by atoms with Crippen LogP contribution in [0.1, 0.15) is 5.69 Å². The molecule has 4 nitrogen and oxygen atoms in total. The van der Waals surface area contributed by atoms with Crippen LogP contribution in [0.15, 0.2) is 23.7 Å². The van der Waals surface area contributed by atoms with Crippen LogP contribution in [0, 0.1) is 17.7 Å². The molecule has 4 rings (SSSR count). The molecule has 2 aliphatic rings. The average Bonchev–Trinajstić information content (AvgIpc) is 3.20. The molecule has 0 radical (unpaired) electrons. The molecule has 0 aliphatic carbocycles. The van der Waals surface area contributed by atoms with E-state index in [9.17, 15) is 17.6 Å². The van der Waals surface area contributed by atoms with Gasteiger partial charge >= 0.3 is 6.18 Å². The average molecular weight is 358 g/mol. The molecule has 4 heterocycles. The van der Waals surface area contributed by atoms with Crippen molar-refractivity contribution >= 4 is 22.3 Å². The van der Waals surface area contributed by atoms with Gasteiger partial charge < -0.3 is 9.80 Å². The highest BCUT2D eigenvalue weighted by Gasteiger charge is 2.42. The number of rotatable bonds is 2. The molecule has 0 N–H and O–H groups in total. The summed E-state index contributed by atoms with van der Waals surface area (Å²) < 4.78 is 51.9. The van der Waals surface area contributed by atoms with Crippen LogP contribution in [0.5, 0.6) is 0 Å². The molecule has 0 amide bonds. The number of hydrogen-bond acceptors (Lipinski definition) is 5. The predicted octanol–water partition coefficient (Wildman–Crippen LogP) is 3.27. The molecule has 24 heavy (non-hydrogen) atoms. The molecule has 2 saturated heterocycles. The van der Waals surface area contributed by atoms with Gasteiger partial charge in [0.15, 0.2) is 22.5 Å². The third kappa shape index (κ3) is 2.70. The minimum Gasteiger partial charge on any atom is -0.353 e. The summed E-state index contributed by atoms with van der Waals surface area (Å²) in [5.41, 5.74) is -0.836. The smallest absolute Gasteiger partial charge is 0.353 e. The first-order chi connectivity index (χ1) is 11.4. The minimum atomic E-state index is -4.41. The molecule has 0 saturated carbocycles. The lowest BCUT2D eigenvalue weighted by atomic mass is 10.0. The number of aromatic nitrogens is 2. The van der Waals surface area contributed by atoms with Gasteiger partial charge in [-0.2, -0.15) is 13.2 Å². The quantitative estimate of drug-likeness (QED) is 0.772. The van der Waals surface area contributed by atoms with Crippen molar-refractivity contribution in [1.29, 1.82) is 0 Å². The van der Waals surface area contributed by atoms with E-state index in [1.165, 1.54) is 6.07 Å². The second kappa shape index (κ2) is 5.58. The van der Waals surface area contributed by atoms with E-state index in [1.54, 1.807) is 12.3 Å². The molecule has 2 aromatic rings. The van der Waals surface area contributed by atoms with Gasteiger partial charge in [0.05, 0.1) is 0 Å². The number of hydrogen-bond donors (Lipinski definition) is 0. The van der Waals surface area contributed by atoms with Gasteiger partial charge in [0, 0.05) is 49.6 Å². The first kappa shape index (κ1) is 15.6. The summed E-state index contributed by atoms with van der Waals surface area (Å²) in [6, 6.07) is 2.94. The maximum atomic E-state index is 13.8. The normalized spacial score (nSPS) is 23.8. The van der Waals surface area contributed by atoms with Crippen LogP contribution in [0.4, 0.5) is 28.5 Å². The zero-order chi connectivity index (χ0) is 16.9. The van der Waals surface area contributed by atoms with Crippen molar-refractivity contribution < 1.29 is 17.6 Å². The fraction of sp³-hybridized carbons (Fsp3) is 0.467. The van der Waals surface area contributed by atoms with Crippen LogP contribution in [0.25, 0.3) is 0 Å². The number of nitrogens with zero attached hydrogens (tertiary/aromatic N) is 4. The predicted molar refractivity (Wildman–Crippen MR) is 82.7 cm³/mol. The Morgan fingerprint density at radius 3 is 2.33 bits per heavy atom. The number of pyridine rings is 1.